The van der Waals surface area contributed by atoms with E-state index in [0.29, 0.717) is 6.42 Å². The summed E-state index contributed by atoms with van der Waals surface area (Å²) in [5.41, 5.74) is 0. The van der Waals surface area contributed by atoms with Crippen molar-refractivity contribution in [2.45, 2.75) is 89.7 Å². The van der Waals surface area contributed by atoms with Gasteiger partial charge in [-0.3, -0.25) is 14.1 Å². The molecular formula is C18H36Na2O7S. The maximum atomic E-state index is 11.8. The second-order valence-corrected chi connectivity index (χ2v) is 7.96. The molecule has 0 rings (SSSR count). The summed E-state index contributed by atoms with van der Waals surface area (Å²) in [6.45, 7) is 3.89. The Balaban J connectivity index is -0.000000521. The SMILES string of the molecule is CCCCCCCCCCCCOC(=O)C(CC(=O)OCC)S(=O)(=O)O.[H-].[H-].[Na+].[Na+]. The van der Waals surface area contributed by atoms with Gasteiger partial charge in [-0.25, -0.2) is 0 Å². The molecule has 0 saturated carbocycles. The molecule has 0 aliphatic heterocycles. The first kappa shape index (κ1) is 33.5. The number of rotatable bonds is 16. The molecule has 0 saturated heterocycles. The zero-order chi connectivity index (χ0) is 19.8. The molecule has 0 radical (unpaired) electrons. The zero-order valence-corrected chi connectivity index (χ0v) is 22.9. The maximum Gasteiger partial charge on any atom is 1.00 e. The Kier molecular flexibility index (Phi) is 25.2. The predicted molar refractivity (Wildman–Crippen MR) is 102 cm³/mol. The van der Waals surface area contributed by atoms with Crippen LogP contribution in [0, 0.1) is 0 Å². The van der Waals surface area contributed by atoms with Crippen LogP contribution in [0.1, 0.15) is 87.3 Å². The third-order valence-electron chi connectivity index (χ3n) is 4.02. The minimum atomic E-state index is -4.72. The van der Waals surface area contributed by atoms with Gasteiger partial charge in [0.15, 0.2) is 5.25 Å². The van der Waals surface area contributed by atoms with Crippen LogP contribution in [-0.4, -0.2) is 43.4 Å². The molecule has 1 atom stereocenters. The van der Waals surface area contributed by atoms with Crippen LogP contribution >= 0.6 is 0 Å². The molecule has 7 nitrogen and oxygen atoms in total. The van der Waals surface area contributed by atoms with Crippen molar-refractivity contribution in [1.29, 1.82) is 0 Å². The van der Waals surface area contributed by atoms with Crippen molar-refractivity contribution in [3.05, 3.63) is 0 Å². The molecule has 0 spiro atoms. The van der Waals surface area contributed by atoms with E-state index in [1.54, 1.807) is 6.92 Å². The van der Waals surface area contributed by atoms with Crippen molar-refractivity contribution >= 4 is 22.1 Å². The van der Waals surface area contributed by atoms with E-state index in [-0.39, 0.29) is 75.2 Å². The molecule has 0 aromatic heterocycles. The minimum absolute atomic E-state index is 0. The van der Waals surface area contributed by atoms with Gasteiger partial charge in [-0.15, -0.1) is 0 Å². The average Bonchev–Trinajstić information content (AvgIpc) is 2.56. The molecular weight excluding hydrogens is 406 g/mol. The van der Waals surface area contributed by atoms with E-state index in [1.807, 2.05) is 0 Å². The van der Waals surface area contributed by atoms with Crippen molar-refractivity contribution in [1.82, 2.24) is 0 Å². The second kappa shape index (κ2) is 21.1. The average molecular weight is 443 g/mol. The van der Waals surface area contributed by atoms with Crippen LogP contribution in [0.5, 0.6) is 0 Å². The molecule has 28 heavy (non-hydrogen) atoms. The van der Waals surface area contributed by atoms with Crippen LogP contribution in [0.25, 0.3) is 0 Å². The van der Waals surface area contributed by atoms with Gasteiger partial charge in [0.2, 0.25) is 0 Å². The van der Waals surface area contributed by atoms with Crippen LogP contribution in [0.15, 0.2) is 0 Å². The van der Waals surface area contributed by atoms with E-state index < -0.39 is 33.7 Å². The molecule has 0 aliphatic carbocycles. The van der Waals surface area contributed by atoms with Crippen molar-refractivity contribution in [2.24, 2.45) is 0 Å². The topological polar surface area (TPSA) is 107 Å². The first-order chi connectivity index (χ1) is 12.3. The van der Waals surface area contributed by atoms with Crippen LogP contribution in [0.4, 0.5) is 0 Å². The first-order valence-electron chi connectivity index (χ1n) is 9.61. The monoisotopic (exact) mass is 442 g/mol. The molecule has 0 bridgehead atoms. The Hall–Kier alpha value is 0.850. The van der Waals surface area contributed by atoms with Crippen LogP contribution in [0.2, 0.25) is 0 Å². The molecule has 158 valence electrons. The summed E-state index contributed by atoms with van der Waals surface area (Å²) in [7, 11) is -4.72. The standard InChI is InChI=1S/C18H34O7S.2Na.2H/c1-3-5-6-7-8-9-10-11-12-13-14-25-18(20)16(26(21,22)23)15-17(19)24-4-2;;;;/h16H,3-15H2,1-2H3,(H,21,22,23);;;;/q;2*+1;2*-1. The molecule has 0 amide bonds. The van der Waals surface area contributed by atoms with Gasteiger partial charge >= 0.3 is 71.1 Å². The zero-order valence-electron chi connectivity index (χ0n) is 20.1. The normalized spacial score (nSPS) is 11.7. The van der Waals surface area contributed by atoms with E-state index in [0.717, 1.165) is 19.3 Å². The fourth-order valence-corrected chi connectivity index (χ4v) is 3.19. The van der Waals surface area contributed by atoms with Crippen LogP contribution in [-0.2, 0) is 29.2 Å². The third kappa shape index (κ3) is 18.9. The predicted octanol–water partition coefficient (Wildman–Crippen LogP) is -2.11. The second-order valence-electron chi connectivity index (χ2n) is 6.36. The minimum Gasteiger partial charge on any atom is -1.00 e. The van der Waals surface area contributed by atoms with E-state index in [4.69, 9.17) is 9.29 Å². The Morgan fingerprint density at radius 3 is 1.75 bits per heavy atom. The summed E-state index contributed by atoms with van der Waals surface area (Å²) in [6, 6.07) is 0. The van der Waals surface area contributed by atoms with Gasteiger partial charge in [0, 0.05) is 0 Å². The quantitative estimate of drug-likeness (QED) is 0.126. The largest absolute Gasteiger partial charge is 1.00 e. The smallest absolute Gasteiger partial charge is 1.00 e. The molecule has 10 heteroatoms. The summed E-state index contributed by atoms with van der Waals surface area (Å²) >= 11 is 0. The molecule has 1 unspecified atom stereocenters. The van der Waals surface area contributed by atoms with Crippen molar-refractivity contribution < 1.29 is 94.0 Å². The summed E-state index contributed by atoms with van der Waals surface area (Å²) < 4.78 is 41.1. The van der Waals surface area contributed by atoms with Gasteiger partial charge in [-0.1, -0.05) is 64.7 Å². The summed E-state index contributed by atoms with van der Waals surface area (Å²) in [5.74, 6) is -1.98. The fourth-order valence-electron chi connectivity index (χ4n) is 2.54. The number of hydrogen-bond donors (Lipinski definition) is 1. The Labute approximate surface area is 217 Å². The van der Waals surface area contributed by atoms with Gasteiger partial charge in [-0.2, -0.15) is 8.42 Å². The van der Waals surface area contributed by atoms with Crippen LogP contribution < -0.4 is 59.1 Å². The Morgan fingerprint density at radius 2 is 1.32 bits per heavy atom. The van der Waals surface area contributed by atoms with E-state index >= 15 is 0 Å². The molecule has 0 aromatic carbocycles. The van der Waals surface area contributed by atoms with Crippen LogP contribution in [0.3, 0.4) is 0 Å². The number of carbonyl (C=O) groups is 2. The summed E-state index contributed by atoms with van der Waals surface area (Å²) in [5, 5.41) is -1.93. The molecule has 0 heterocycles. The van der Waals surface area contributed by atoms with Gasteiger partial charge in [0.1, 0.15) is 0 Å². The molecule has 0 fully saturated rings. The third-order valence-corrected chi connectivity index (χ3v) is 5.10. The van der Waals surface area contributed by atoms with E-state index in [1.165, 1.54) is 38.5 Å². The number of hydrogen-bond acceptors (Lipinski definition) is 6. The molecule has 0 aromatic rings. The number of carbonyl (C=O) groups excluding carboxylic acids is 2. The van der Waals surface area contributed by atoms with Gasteiger partial charge in [0.25, 0.3) is 10.1 Å². The van der Waals surface area contributed by atoms with E-state index in [9.17, 15) is 18.0 Å². The maximum absolute atomic E-state index is 11.8. The van der Waals surface area contributed by atoms with Gasteiger partial charge in [-0.05, 0) is 13.3 Å². The van der Waals surface area contributed by atoms with E-state index in [2.05, 4.69) is 11.7 Å². The fraction of sp³-hybridized carbons (Fsp3) is 0.889. The summed E-state index contributed by atoms with van der Waals surface area (Å²) in [4.78, 5) is 23.2. The number of esters is 2. The first-order valence-corrected chi connectivity index (χ1v) is 11.1. The molecule has 0 aliphatic rings. The van der Waals surface area contributed by atoms with Crippen molar-refractivity contribution in [3.63, 3.8) is 0 Å². The number of unbranched alkanes of at least 4 members (excludes halogenated alkanes) is 9. The number of ether oxygens (including phenoxy) is 2. The van der Waals surface area contributed by atoms with Crippen molar-refractivity contribution in [2.75, 3.05) is 13.2 Å². The van der Waals surface area contributed by atoms with Crippen molar-refractivity contribution in [3.8, 4) is 0 Å². The Bertz CT molecular complexity index is 509. The Morgan fingerprint density at radius 1 is 0.857 bits per heavy atom. The summed E-state index contributed by atoms with van der Waals surface area (Å²) in [6.07, 6.45) is 10.5. The van der Waals surface area contributed by atoms with Gasteiger partial charge in [0.05, 0.1) is 19.6 Å². The van der Waals surface area contributed by atoms with Gasteiger partial charge < -0.3 is 12.3 Å². The molecule has 1 N–H and O–H groups in total.